The van der Waals surface area contributed by atoms with Gasteiger partial charge in [-0.1, -0.05) is 191 Å². The zero-order chi connectivity index (χ0) is 48.3. The van der Waals surface area contributed by atoms with E-state index >= 15 is 0 Å². The Morgan fingerprint density at radius 2 is 0.955 bits per heavy atom. The van der Waals surface area contributed by atoms with Crippen LogP contribution < -0.4 is 5.32 Å². The molecule has 1 fully saturated rings. The molecular weight excluding hydrogens is 835 g/mol. The molecule has 8 N–H and O–H groups in total. The summed E-state index contributed by atoms with van der Waals surface area (Å²) < 4.78 is 11.1. The predicted molar refractivity (Wildman–Crippen MR) is 270 cm³/mol. The van der Waals surface area contributed by atoms with Crippen molar-refractivity contribution in [2.24, 2.45) is 0 Å². The Balaban J connectivity index is 2.40. The highest BCUT2D eigenvalue weighted by molar-refractivity contribution is 5.80. The second-order valence-corrected chi connectivity index (χ2v) is 18.9. The van der Waals surface area contributed by atoms with Gasteiger partial charge in [0.05, 0.1) is 25.4 Å². The molecule has 0 aromatic heterocycles. The molecule has 1 amide bonds. The molecule has 11 heteroatoms. The van der Waals surface area contributed by atoms with Gasteiger partial charge in [-0.25, -0.2) is 0 Å². The monoisotopic (exact) mass is 936 g/mol. The normalized spacial score (nSPS) is 21.1. The zero-order valence-corrected chi connectivity index (χ0v) is 41.9. The second-order valence-electron chi connectivity index (χ2n) is 18.9. The number of carbonyl (C=O) groups excluding carboxylic acids is 1. The van der Waals surface area contributed by atoms with E-state index in [9.17, 15) is 40.5 Å². The van der Waals surface area contributed by atoms with Crippen molar-refractivity contribution >= 4 is 5.91 Å². The first-order valence-corrected chi connectivity index (χ1v) is 27.0. The topological polar surface area (TPSA) is 189 Å². The van der Waals surface area contributed by atoms with Crippen LogP contribution in [0.1, 0.15) is 226 Å². The fourth-order valence-corrected chi connectivity index (χ4v) is 8.37. The molecule has 1 heterocycles. The summed E-state index contributed by atoms with van der Waals surface area (Å²) in [4.78, 5) is 13.1. The number of aliphatic hydroxyl groups excluding tert-OH is 7. The summed E-state index contributed by atoms with van der Waals surface area (Å²) in [5.74, 6) is -0.719. The standard InChI is InChI=1S/C55H101NO10/c1-3-5-7-9-11-13-15-17-19-21-22-23-24-25-27-29-31-33-35-37-39-41-43-48(59)54(64)56-46(45-65-55-53(63)52(62)51(61)49(44-57)66-55)50(60)47(58)42-40-38-36-34-32-30-28-26-20-18-16-14-12-10-8-6-4-2/h22-23,25-28,34,36,46-53,55,57-63H,3-21,24,29-33,35,37-45H2,1-2H3,(H,56,64)/b23-22-,27-25-,28-26+,36-34+. The van der Waals surface area contributed by atoms with Crippen molar-refractivity contribution < 1.29 is 50.0 Å². The lowest BCUT2D eigenvalue weighted by Gasteiger charge is -2.40. The van der Waals surface area contributed by atoms with Crippen molar-refractivity contribution in [2.75, 3.05) is 13.2 Å². The van der Waals surface area contributed by atoms with E-state index in [0.717, 1.165) is 64.2 Å². The summed E-state index contributed by atoms with van der Waals surface area (Å²) >= 11 is 0. The minimum absolute atomic E-state index is 0.238. The van der Waals surface area contributed by atoms with Crippen molar-refractivity contribution in [3.63, 3.8) is 0 Å². The highest BCUT2D eigenvalue weighted by Crippen LogP contribution is 2.23. The Kier molecular flexibility index (Phi) is 41.7. The predicted octanol–water partition coefficient (Wildman–Crippen LogP) is 10.5. The van der Waals surface area contributed by atoms with Gasteiger partial charge in [-0.15, -0.1) is 0 Å². The van der Waals surface area contributed by atoms with Gasteiger partial charge in [0.2, 0.25) is 5.91 Å². The maximum absolute atomic E-state index is 13.1. The van der Waals surface area contributed by atoms with Gasteiger partial charge in [0.15, 0.2) is 6.29 Å². The van der Waals surface area contributed by atoms with Crippen molar-refractivity contribution in [3.05, 3.63) is 48.6 Å². The molecule has 66 heavy (non-hydrogen) atoms. The van der Waals surface area contributed by atoms with Gasteiger partial charge in [0, 0.05) is 0 Å². The number of carbonyl (C=O) groups is 1. The quantitative estimate of drug-likeness (QED) is 0.0216. The molecule has 9 unspecified atom stereocenters. The van der Waals surface area contributed by atoms with Gasteiger partial charge >= 0.3 is 0 Å². The number of nitrogens with one attached hydrogen (secondary N) is 1. The van der Waals surface area contributed by atoms with Crippen LogP contribution >= 0.6 is 0 Å². The van der Waals surface area contributed by atoms with E-state index in [-0.39, 0.29) is 12.8 Å². The van der Waals surface area contributed by atoms with Crippen molar-refractivity contribution in [2.45, 2.75) is 281 Å². The Hall–Kier alpha value is -1.93. The molecule has 0 aromatic carbocycles. The van der Waals surface area contributed by atoms with Crippen LogP contribution in [0.3, 0.4) is 0 Å². The third-order valence-electron chi connectivity index (χ3n) is 12.8. The van der Waals surface area contributed by atoms with Crippen LogP contribution in [0.15, 0.2) is 48.6 Å². The minimum atomic E-state index is -1.67. The Morgan fingerprint density at radius 3 is 1.44 bits per heavy atom. The molecule has 0 spiro atoms. The zero-order valence-electron chi connectivity index (χ0n) is 41.9. The number of hydrogen-bond donors (Lipinski definition) is 8. The Morgan fingerprint density at radius 1 is 0.530 bits per heavy atom. The van der Waals surface area contributed by atoms with Crippen LogP contribution in [0.2, 0.25) is 0 Å². The Bertz CT molecular complexity index is 1210. The molecule has 0 radical (unpaired) electrons. The smallest absolute Gasteiger partial charge is 0.249 e. The fourth-order valence-electron chi connectivity index (χ4n) is 8.37. The summed E-state index contributed by atoms with van der Waals surface area (Å²) in [5.41, 5.74) is 0. The molecule has 0 bridgehead atoms. The van der Waals surface area contributed by atoms with E-state index in [1.165, 1.54) is 116 Å². The van der Waals surface area contributed by atoms with Crippen LogP contribution in [0.25, 0.3) is 0 Å². The van der Waals surface area contributed by atoms with E-state index in [0.29, 0.717) is 19.3 Å². The molecule has 11 nitrogen and oxygen atoms in total. The summed E-state index contributed by atoms with van der Waals surface area (Å²) in [6, 6.07) is -1.20. The van der Waals surface area contributed by atoms with Crippen molar-refractivity contribution in [1.82, 2.24) is 5.32 Å². The van der Waals surface area contributed by atoms with Gasteiger partial charge < -0.3 is 50.5 Å². The molecule has 1 aliphatic heterocycles. The minimum Gasteiger partial charge on any atom is -0.394 e. The summed E-state index contributed by atoms with van der Waals surface area (Å²) in [5, 5.41) is 75.9. The number of rotatable bonds is 45. The van der Waals surface area contributed by atoms with Gasteiger partial charge in [-0.05, 0) is 83.5 Å². The Labute approximate surface area is 402 Å². The first-order valence-electron chi connectivity index (χ1n) is 27.0. The second kappa shape index (κ2) is 44.3. The average Bonchev–Trinajstić information content (AvgIpc) is 3.32. The molecule has 0 saturated carbocycles. The molecule has 9 atom stereocenters. The molecule has 0 aliphatic carbocycles. The number of amides is 1. The van der Waals surface area contributed by atoms with E-state index in [1.54, 1.807) is 0 Å². The summed E-state index contributed by atoms with van der Waals surface area (Å²) in [6.45, 7) is 3.43. The number of allylic oxidation sites excluding steroid dienone is 8. The first kappa shape index (κ1) is 62.1. The third-order valence-corrected chi connectivity index (χ3v) is 12.8. The van der Waals surface area contributed by atoms with Crippen LogP contribution in [-0.2, 0) is 14.3 Å². The van der Waals surface area contributed by atoms with E-state index in [1.807, 2.05) is 0 Å². The molecule has 1 rings (SSSR count). The van der Waals surface area contributed by atoms with Gasteiger partial charge in [0.25, 0.3) is 0 Å². The lowest BCUT2D eigenvalue weighted by atomic mass is 9.98. The number of hydrogen-bond acceptors (Lipinski definition) is 10. The maximum Gasteiger partial charge on any atom is 0.249 e. The lowest BCUT2D eigenvalue weighted by Crippen LogP contribution is -2.60. The van der Waals surface area contributed by atoms with Gasteiger partial charge in [-0.3, -0.25) is 4.79 Å². The first-order chi connectivity index (χ1) is 32.2. The van der Waals surface area contributed by atoms with Crippen LogP contribution in [0.5, 0.6) is 0 Å². The number of ether oxygens (including phenoxy) is 2. The fraction of sp³-hybridized carbons (Fsp3) is 0.836. The molecular formula is C55H101NO10. The van der Waals surface area contributed by atoms with Crippen molar-refractivity contribution in [3.8, 4) is 0 Å². The maximum atomic E-state index is 13.1. The summed E-state index contributed by atoms with van der Waals surface area (Å²) in [7, 11) is 0. The van der Waals surface area contributed by atoms with Crippen molar-refractivity contribution in [1.29, 1.82) is 0 Å². The third kappa shape index (κ3) is 32.8. The molecule has 1 aliphatic rings. The van der Waals surface area contributed by atoms with E-state index in [4.69, 9.17) is 9.47 Å². The summed E-state index contributed by atoms with van der Waals surface area (Å²) in [6.07, 6.45) is 43.0. The number of unbranched alkanes of at least 4 members (excludes halogenated alkanes) is 25. The number of aliphatic hydroxyl groups is 7. The van der Waals surface area contributed by atoms with Gasteiger partial charge in [-0.2, -0.15) is 0 Å². The van der Waals surface area contributed by atoms with E-state index in [2.05, 4.69) is 67.8 Å². The SMILES string of the molecule is CCCCCCCCCC/C=C/CC/C=C/CCCC(O)C(O)C(COC1OC(CO)C(O)C(O)C1O)NC(=O)C(O)CCCCCCCC/C=C\C/C=C\CCCCCCCCCCC. The van der Waals surface area contributed by atoms with Crippen LogP contribution in [0, 0.1) is 0 Å². The largest absolute Gasteiger partial charge is 0.394 e. The van der Waals surface area contributed by atoms with Crippen LogP contribution in [0.4, 0.5) is 0 Å². The van der Waals surface area contributed by atoms with Crippen LogP contribution in [-0.4, -0.2) is 110 Å². The molecule has 1 saturated heterocycles. The average molecular weight is 936 g/mol. The molecule has 386 valence electrons. The molecule has 0 aromatic rings. The lowest BCUT2D eigenvalue weighted by molar-refractivity contribution is -0.303. The highest BCUT2D eigenvalue weighted by atomic mass is 16.7. The highest BCUT2D eigenvalue weighted by Gasteiger charge is 2.44. The van der Waals surface area contributed by atoms with Gasteiger partial charge in [0.1, 0.15) is 36.6 Å². The van der Waals surface area contributed by atoms with E-state index < -0.39 is 74.2 Å².